The van der Waals surface area contributed by atoms with Crippen LogP contribution in [0.5, 0.6) is 5.75 Å². The van der Waals surface area contributed by atoms with E-state index in [0.29, 0.717) is 29.4 Å². The lowest BCUT2D eigenvalue weighted by atomic mass is 10.1. The van der Waals surface area contributed by atoms with Gasteiger partial charge in [0.15, 0.2) is 6.10 Å². The van der Waals surface area contributed by atoms with Crippen molar-refractivity contribution in [1.82, 2.24) is 4.90 Å². The van der Waals surface area contributed by atoms with Gasteiger partial charge in [0.05, 0.1) is 11.1 Å². The molecule has 1 N–H and O–H groups in total. The molecule has 0 saturated carbocycles. The van der Waals surface area contributed by atoms with Crippen LogP contribution in [-0.4, -0.2) is 35.1 Å². The summed E-state index contributed by atoms with van der Waals surface area (Å²) in [5.41, 5.74) is 0.713. The van der Waals surface area contributed by atoms with Crippen molar-refractivity contribution in [2.24, 2.45) is 0 Å². The molecule has 2 atom stereocenters. The van der Waals surface area contributed by atoms with Crippen LogP contribution in [0.4, 0.5) is 0 Å². The number of nitrogens with zero attached hydrogens (tertiary/aromatic N) is 1. The Balaban J connectivity index is 2.80. The maximum atomic E-state index is 12.1. The van der Waals surface area contributed by atoms with Crippen LogP contribution >= 0.6 is 11.6 Å². The highest BCUT2D eigenvalue weighted by Gasteiger charge is 2.20. The molecule has 0 aliphatic rings. The largest absolute Gasteiger partial charge is 0.479 e. The lowest BCUT2D eigenvalue weighted by Crippen LogP contribution is -2.40. The Bertz CT molecular complexity index is 458. The summed E-state index contributed by atoms with van der Waals surface area (Å²) in [6.45, 7) is 8.53. The third kappa shape index (κ3) is 4.12. The van der Waals surface area contributed by atoms with Gasteiger partial charge in [-0.15, -0.1) is 0 Å². The van der Waals surface area contributed by atoms with Crippen molar-refractivity contribution < 1.29 is 14.6 Å². The van der Waals surface area contributed by atoms with Crippen LogP contribution in [0.1, 0.15) is 39.4 Å². The number of aliphatic hydroxyl groups is 1. The summed E-state index contributed by atoms with van der Waals surface area (Å²) in [6, 6.07) is 5.06. The molecule has 5 heteroatoms. The topological polar surface area (TPSA) is 49.8 Å². The molecule has 0 heterocycles. The molecule has 2 unspecified atom stereocenters. The summed E-state index contributed by atoms with van der Waals surface area (Å²) in [7, 11) is 0. The first-order chi connectivity index (χ1) is 9.40. The molecule has 112 valence electrons. The summed E-state index contributed by atoms with van der Waals surface area (Å²) in [6.07, 6.45) is -1.18. The third-order valence-corrected chi connectivity index (χ3v) is 3.46. The van der Waals surface area contributed by atoms with Crippen LogP contribution in [0.3, 0.4) is 0 Å². The van der Waals surface area contributed by atoms with Crippen molar-refractivity contribution in [1.29, 1.82) is 0 Å². The highest BCUT2D eigenvalue weighted by molar-refractivity contribution is 6.32. The molecule has 0 bridgehead atoms. The van der Waals surface area contributed by atoms with Gasteiger partial charge in [-0.1, -0.05) is 17.7 Å². The fraction of sp³-hybridized carbons (Fsp3) is 0.533. The zero-order chi connectivity index (χ0) is 15.3. The Morgan fingerprint density at radius 3 is 2.40 bits per heavy atom. The molecular formula is C15H22ClNO3. The number of halogens is 1. The van der Waals surface area contributed by atoms with Gasteiger partial charge >= 0.3 is 0 Å². The number of amides is 1. The van der Waals surface area contributed by atoms with Crippen LogP contribution < -0.4 is 4.74 Å². The molecule has 1 rings (SSSR count). The Labute approximate surface area is 125 Å². The fourth-order valence-electron chi connectivity index (χ4n) is 1.91. The molecule has 1 aromatic rings. The normalized spacial score (nSPS) is 13.7. The van der Waals surface area contributed by atoms with Crippen molar-refractivity contribution in [3.8, 4) is 5.75 Å². The number of hydrogen-bond donors (Lipinski definition) is 1. The van der Waals surface area contributed by atoms with E-state index in [1.54, 1.807) is 36.9 Å². The minimum atomic E-state index is -0.593. The quantitative estimate of drug-likeness (QED) is 0.878. The van der Waals surface area contributed by atoms with Crippen LogP contribution in [0, 0.1) is 0 Å². The summed E-state index contributed by atoms with van der Waals surface area (Å²) >= 11 is 6.11. The van der Waals surface area contributed by atoms with Crippen molar-refractivity contribution in [3.05, 3.63) is 28.8 Å². The Hall–Kier alpha value is -1.26. The maximum absolute atomic E-state index is 12.1. The van der Waals surface area contributed by atoms with Gasteiger partial charge in [0.2, 0.25) is 0 Å². The van der Waals surface area contributed by atoms with E-state index in [9.17, 15) is 9.90 Å². The smallest absolute Gasteiger partial charge is 0.263 e. The first-order valence-electron chi connectivity index (χ1n) is 6.83. The summed E-state index contributed by atoms with van der Waals surface area (Å²) in [4.78, 5) is 13.8. The van der Waals surface area contributed by atoms with Crippen molar-refractivity contribution in [2.75, 3.05) is 13.1 Å². The molecule has 0 saturated heterocycles. The average Bonchev–Trinajstić information content (AvgIpc) is 2.41. The zero-order valence-corrected chi connectivity index (χ0v) is 13.1. The number of carbonyl (C=O) groups excluding carboxylic acids is 1. The predicted molar refractivity (Wildman–Crippen MR) is 80.1 cm³/mol. The van der Waals surface area contributed by atoms with Gasteiger partial charge in [0.25, 0.3) is 5.91 Å². The number of ether oxygens (including phenoxy) is 1. The van der Waals surface area contributed by atoms with E-state index in [1.165, 1.54) is 0 Å². The third-order valence-electron chi connectivity index (χ3n) is 3.16. The first kappa shape index (κ1) is 16.8. The minimum Gasteiger partial charge on any atom is -0.479 e. The molecule has 0 aliphatic carbocycles. The van der Waals surface area contributed by atoms with E-state index < -0.39 is 12.2 Å². The van der Waals surface area contributed by atoms with Crippen LogP contribution in [-0.2, 0) is 4.79 Å². The number of likely N-dealkylation sites (N-methyl/N-ethyl adjacent to an activating group) is 1. The second kappa shape index (κ2) is 7.50. The highest BCUT2D eigenvalue weighted by Crippen LogP contribution is 2.28. The lowest BCUT2D eigenvalue weighted by Gasteiger charge is -2.23. The van der Waals surface area contributed by atoms with E-state index in [0.717, 1.165) is 0 Å². The zero-order valence-electron chi connectivity index (χ0n) is 12.4. The number of rotatable bonds is 6. The van der Waals surface area contributed by atoms with E-state index in [1.807, 2.05) is 13.8 Å². The Kier molecular flexibility index (Phi) is 6.30. The maximum Gasteiger partial charge on any atom is 0.263 e. The van der Waals surface area contributed by atoms with Gasteiger partial charge in [-0.3, -0.25) is 4.79 Å². The number of carbonyl (C=O) groups is 1. The van der Waals surface area contributed by atoms with Gasteiger partial charge in [0, 0.05) is 13.1 Å². The second-order valence-electron chi connectivity index (χ2n) is 4.64. The van der Waals surface area contributed by atoms with E-state index >= 15 is 0 Å². The Morgan fingerprint density at radius 1 is 1.35 bits per heavy atom. The van der Waals surface area contributed by atoms with E-state index in [4.69, 9.17) is 16.3 Å². The average molecular weight is 300 g/mol. The summed E-state index contributed by atoms with van der Waals surface area (Å²) in [5.74, 6) is 0.384. The number of hydrogen-bond acceptors (Lipinski definition) is 3. The predicted octanol–water partition coefficient (Wildman–Crippen LogP) is 3.03. The van der Waals surface area contributed by atoms with Gasteiger partial charge in [-0.2, -0.15) is 0 Å². The fourth-order valence-corrected chi connectivity index (χ4v) is 2.14. The second-order valence-corrected chi connectivity index (χ2v) is 5.04. The summed E-state index contributed by atoms with van der Waals surface area (Å²) < 4.78 is 5.62. The minimum absolute atomic E-state index is 0.0642. The molecule has 0 aliphatic heterocycles. The van der Waals surface area contributed by atoms with Crippen molar-refractivity contribution in [3.63, 3.8) is 0 Å². The van der Waals surface area contributed by atoms with Gasteiger partial charge in [-0.05, 0) is 45.4 Å². The van der Waals surface area contributed by atoms with Gasteiger partial charge < -0.3 is 14.7 Å². The molecule has 0 fully saturated rings. The van der Waals surface area contributed by atoms with Crippen LogP contribution in [0.25, 0.3) is 0 Å². The monoisotopic (exact) mass is 299 g/mol. The molecule has 1 amide bonds. The van der Waals surface area contributed by atoms with Crippen LogP contribution in [0.2, 0.25) is 5.02 Å². The number of benzene rings is 1. The SMILES string of the molecule is CCN(CC)C(=O)C(C)Oc1ccc(C(C)O)cc1Cl. The van der Waals surface area contributed by atoms with Gasteiger partial charge in [0.1, 0.15) is 5.75 Å². The number of aliphatic hydroxyl groups excluding tert-OH is 1. The molecule has 20 heavy (non-hydrogen) atoms. The van der Waals surface area contributed by atoms with E-state index in [2.05, 4.69) is 0 Å². The molecule has 4 nitrogen and oxygen atoms in total. The standard InChI is InChI=1S/C15H22ClNO3/c1-5-17(6-2)15(19)11(4)20-14-8-7-12(10(3)18)9-13(14)16/h7-11,18H,5-6H2,1-4H3. The molecule has 0 radical (unpaired) electrons. The van der Waals surface area contributed by atoms with E-state index in [-0.39, 0.29) is 5.91 Å². The molecule has 0 aromatic heterocycles. The highest BCUT2D eigenvalue weighted by atomic mass is 35.5. The van der Waals surface area contributed by atoms with Crippen molar-refractivity contribution in [2.45, 2.75) is 39.9 Å². The molecule has 1 aromatic carbocycles. The summed E-state index contributed by atoms with van der Waals surface area (Å²) in [5, 5.41) is 9.88. The first-order valence-corrected chi connectivity index (χ1v) is 7.21. The molecular weight excluding hydrogens is 278 g/mol. The lowest BCUT2D eigenvalue weighted by molar-refractivity contribution is -0.137. The van der Waals surface area contributed by atoms with Gasteiger partial charge in [-0.25, -0.2) is 0 Å². The van der Waals surface area contributed by atoms with Crippen LogP contribution in [0.15, 0.2) is 18.2 Å². The Morgan fingerprint density at radius 2 is 1.95 bits per heavy atom. The molecule has 0 spiro atoms. The van der Waals surface area contributed by atoms with Crippen molar-refractivity contribution >= 4 is 17.5 Å².